The maximum atomic E-state index is 13.6. The van der Waals surface area contributed by atoms with Crippen molar-refractivity contribution in [2.75, 3.05) is 24.5 Å². The van der Waals surface area contributed by atoms with Crippen LogP contribution < -0.4 is 10.2 Å². The number of ether oxygens (including phenoxy) is 3. The van der Waals surface area contributed by atoms with Crippen molar-refractivity contribution in [1.29, 1.82) is 0 Å². The number of fused-ring (bicyclic) bond motifs is 2. The van der Waals surface area contributed by atoms with Gasteiger partial charge in [0, 0.05) is 79.7 Å². The Morgan fingerprint density at radius 1 is 0.684 bits per heavy atom. The smallest absolute Gasteiger partial charge is 0.309 e. The molecule has 2 aromatic carbocycles. The fraction of sp³-hybridized carbons (Fsp3) is 0.614. The molecule has 4 rings (SSSR count). The number of rotatable bonds is 25. The number of carbonyl (C=O) groups is 5. The molecule has 17 nitrogen and oxygen atoms in total. The molecule has 0 saturated heterocycles. The van der Waals surface area contributed by atoms with Gasteiger partial charge in [0.25, 0.3) is 20.2 Å². The van der Waals surface area contributed by atoms with E-state index >= 15 is 0 Å². The summed E-state index contributed by atoms with van der Waals surface area (Å²) in [5, 5.41) is 2.96. The number of esters is 3. The van der Waals surface area contributed by atoms with Gasteiger partial charge in [-0.15, -0.1) is 0 Å². The number of benzene rings is 2. The fourth-order valence-corrected chi connectivity index (χ4v) is 10.7. The first kappa shape index (κ1) is 63.3. The molecular formula is C57H84N3O14S2+. The summed E-state index contributed by atoms with van der Waals surface area (Å²) in [7, 11) is -8.90. The van der Waals surface area contributed by atoms with E-state index in [0.29, 0.717) is 58.2 Å². The van der Waals surface area contributed by atoms with E-state index in [0.717, 1.165) is 33.9 Å². The second-order valence-electron chi connectivity index (χ2n) is 23.9. The van der Waals surface area contributed by atoms with Gasteiger partial charge in [0.2, 0.25) is 11.6 Å². The number of amides is 1. The van der Waals surface area contributed by atoms with E-state index in [4.69, 9.17) is 14.2 Å². The number of ketones is 1. The normalized spacial score (nSPS) is 16.8. The molecule has 2 aliphatic rings. The first-order valence-electron chi connectivity index (χ1n) is 26.4. The minimum atomic E-state index is -4.48. The maximum Gasteiger partial charge on any atom is 0.309 e. The lowest BCUT2D eigenvalue weighted by Crippen LogP contribution is -2.32. The first-order valence-corrected chi connectivity index (χ1v) is 29.2. The van der Waals surface area contributed by atoms with E-state index in [9.17, 15) is 49.9 Å². The molecule has 0 aromatic heterocycles. The van der Waals surface area contributed by atoms with Gasteiger partial charge < -0.3 is 24.4 Å². The zero-order chi connectivity index (χ0) is 57.4. The van der Waals surface area contributed by atoms with Gasteiger partial charge in [0.1, 0.15) is 29.1 Å². The standard InChI is InChI=1S/C57H83N3O14S2/c1-15-59-45-29-27-41(75(66,67)68)36-43(45)56(11,12)47(59)23-21-24-48-57(13,14)44-37-42(76(69,70)71)28-30-46(44)60(48)33-20-16-17-25-49(62)58-32-19-18-22-38(51(64)73-54(5,6)7)34-40(61)35-39(52(65)74-55(8,9)10)26-31-50(63)72-53(2,3)4/h21,23-24,27-30,36-39H,15-20,22,25-26,31-35H2,1-14H3,(H2-,58,62,66,67,68,69,70,71)/p+1/t38-,39+/m0/s1. The predicted molar refractivity (Wildman–Crippen MR) is 292 cm³/mol. The van der Waals surface area contributed by atoms with E-state index in [1.54, 1.807) is 74.4 Å². The van der Waals surface area contributed by atoms with Crippen LogP contribution in [0.25, 0.3) is 0 Å². The Morgan fingerprint density at radius 2 is 1.22 bits per heavy atom. The number of Topliss-reactive ketones (excluding diaryl/α,β-unsaturated/α-hetero) is 1. The van der Waals surface area contributed by atoms with Crippen molar-refractivity contribution in [1.82, 2.24) is 5.32 Å². The number of hydrogen-bond donors (Lipinski definition) is 3. The van der Waals surface area contributed by atoms with Crippen LogP contribution in [0, 0.1) is 11.8 Å². The highest BCUT2D eigenvalue weighted by atomic mass is 32.2. The second-order valence-corrected chi connectivity index (χ2v) is 26.8. The van der Waals surface area contributed by atoms with Crippen LogP contribution in [0.15, 0.2) is 70.1 Å². The third kappa shape index (κ3) is 17.9. The van der Waals surface area contributed by atoms with Crippen LogP contribution in [-0.4, -0.2) is 102 Å². The molecule has 0 spiro atoms. The van der Waals surface area contributed by atoms with Crippen LogP contribution in [0.3, 0.4) is 0 Å². The predicted octanol–water partition coefficient (Wildman–Crippen LogP) is 10.0. The molecule has 0 bridgehead atoms. The summed E-state index contributed by atoms with van der Waals surface area (Å²) in [4.78, 5) is 67.4. The SMILES string of the molecule is CCN1/C(=C/C=C/C2=[N+](CCCCCC(=O)NCCCC[C@@H](CC(=O)C[C@@H](CCC(=O)OC(C)(C)C)C(=O)OC(C)(C)C)C(=O)OC(C)(C)C)c3ccc(S(=O)(=O)O)cc3C2(C)C)C(C)(C)c2cc(S(=O)(=O)O)ccc21. The largest absolute Gasteiger partial charge is 0.460 e. The summed E-state index contributed by atoms with van der Waals surface area (Å²) in [5.41, 5.74) is 1.25. The molecule has 2 aromatic rings. The monoisotopic (exact) mass is 1100 g/mol. The topological polar surface area (TPSA) is 240 Å². The highest BCUT2D eigenvalue weighted by molar-refractivity contribution is 7.86. The lowest BCUT2D eigenvalue weighted by molar-refractivity contribution is -0.438. The van der Waals surface area contributed by atoms with Crippen LogP contribution in [-0.2, 0) is 69.2 Å². The van der Waals surface area contributed by atoms with Crippen molar-refractivity contribution in [3.8, 4) is 0 Å². The summed E-state index contributed by atoms with van der Waals surface area (Å²) in [5.74, 6) is -3.79. The Labute approximate surface area is 451 Å². The third-order valence-electron chi connectivity index (χ3n) is 13.3. The van der Waals surface area contributed by atoms with Crippen LogP contribution >= 0.6 is 0 Å². The number of unbranched alkanes of at least 4 members (excludes halogenated alkanes) is 3. The summed E-state index contributed by atoms with van der Waals surface area (Å²) in [6.45, 7) is 27.1. The Hall–Kier alpha value is -5.24. The highest BCUT2D eigenvalue weighted by Crippen LogP contribution is 2.48. The molecule has 2 aliphatic heterocycles. The van der Waals surface area contributed by atoms with E-state index in [1.165, 1.54) is 24.3 Å². The van der Waals surface area contributed by atoms with Gasteiger partial charge in [-0.25, -0.2) is 0 Å². The lowest BCUT2D eigenvalue weighted by atomic mass is 9.81. The summed E-state index contributed by atoms with van der Waals surface area (Å²) in [6, 6.07) is 9.18. The number of carbonyl (C=O) groups excluding carboxylic acids is 5. The molecule has 76 heavy (non-hydrogen) atoms. The maximum absolute atomic E-state index is 13.6. The quantitative estimate of drug-likeness (QED) is 0.0276. The number of hydrogen-bond acceptors (Lipinski definition) is 13. The van der Waals surface area contributed by atoms with E-state index in [-0.39, 0.29) is 53.6 Å². The van der Waals surface area contributed by atoms with E-state index in [1.807, 2.05) is 52.8 Å². The Balaban J connectivity index is 1.38. The van der Waals surface area contributed by atoms with Crippen molar-refractivity contribution in [3.63, 3.8) is 0 Å². The molecule has 1 amide bonds. The number of nitrogens with one attached hydrogen (secondary N) is 1. The Kier molecular flexibility index (Phi) is 20.9. The summed E-state index contributed by atoms with van der Waals surface area (Å²) >= 11 is 0. The van der Waals surface area contributed by atoms with Crippen LogP contribution in [0.5, 0.6) is 0 Å². The molecule has 0 radical (unpaired) electrons. The van der Waals surface area contributed by atoms with Crippen molar-refractivity contribution in [3.05, 3.63) is 71.5 Å². The molecule has 2 heterocycles. The Morgan fingerprint density at radius 3 is 1.76 bits per heavy atom. The van der Waals surface area contributed by atoms with Crippen molar-refractivity contribution < 1.29 is 68.7 Å². The fourth-order valence-electron chi connectivity index (χ4n) is 9.70. The molecule has 0 saturated carbocycles. The van der Waals surface area contributed by atoms with Crippen molar-refractivity contribution >= 4 is 66.9 Å². The molecule has 19 heteroatoms. The number of anilines is 1. The molecule has 0 fully saturated rings. The van der Waals surface area contributed by atoms with Gasteiger partial charge in [-0.05, 0) is 157 Å². The number of allylic oxidation sites excluding steroid dienone is 4. The van der Waals surface area contributed by atoms with Gasteiger partial charge in [-0.2, -0.15) is 21.4 Å². The number of nitrogens with zero attached hydrogens (tertiary/aromatic N) is 2. The van der Waals surface area contributed by atoms with Crippen molar-refractivity contribution in [2.45, 2.75) is 205 Å². The molecule has 422 valence electrons. The Bertz CT molecular complexity index is 2810. The minimum absolute atomic E-state index is 0.0422. The first-order chi connectivity index (χ1) is 34.9. The van der Waals surface area contributed by atoms with Gasteiger partial charge >= 0.3 is 17.9 Å². The van der Waals surface area contributed by atoms with Gasteiger partial charge in [-0.1, -0.05) is 26.3 Å². The van der Waals surface area contributed by atoms with Gasteiger partial charge in [-0.3, -0.25) is 33.1 Å². The van der Waals surface area contributed by atoms with Crippen LogP contribution in [0.4, 0.5) is 11.4 Å². The molecule has 0 aliphatic carbocycles. The van der Waals surface area contributed by atoms with Crippen molar-refractivity contribution in [2.24, 2.45) is 11.8 Å². The molecule has 0 unspecified atom stereocenters. The zero-order valence-corrected chi connectivity index (χ0v) is 48.9. The lowest BCUT2D eigenvalue weighted by Gasteiger charge is -2.25. The molecule has 2 atom stereocenters. The van der Waals surface area contributed by atoms with Gasteiger partial charge in [0.15, 0.2) is 5.71 Å². The van der Waals surface area contributed by atoms with Gasteiger partial charge in [0.05, 0.1) is 27.0 Å². The molecular weight excluding hydrogens is 1010 g/mol. The van der Waals surface area contributed by atoms with E-state index < -0.39 is 77.6 Å². The third-order valence-corrected chi connectivity index (χ3v) is 15.0. The molecule has 3 N–H and O–H groups in total. The average molecular weight is 1100 g/mol. The average Bonchev–Trinajstić information content (AvgIpc) is 3.61. The minimum Gasteiger partial charge on any atom is -0.460 e. The van der Waals surface area contributed by atoms with E-state index in [2.05, 4.69) is 14.8 Å². The highest BCUT2D eigenvalue weighted by Gasteiger charge is 2.45. The summed E-state index contributed by atoms with van der Waals surface area (Å²) in [6.07, 6.45) is 9.10. The zero-order valence-electron chi connectivity index (χ0n) is 47.3. The number of likely N-dealkylation sites (N-methyl/N-ethyl adjacent to an activating group) is 1. The van der Waals surface area contributed by atoms with Crippen LogP contribution in [0.1, 0.15) is 179 Å². The van der Waals surface area contributed by atoms with Crippen LogP contribution in [0.2, 0.25) is 0 Å². The second kappa shape index (κ2) is 25.0. The summed E-state index contributed by atoms with van der Waals surface area (Å²) < 4.78 is 87.2.